The Morgan fingerprint density at radius 1 is 1.50 bits per heavy atom. The number of carbonyl (C=O) groups excluding carboxylic acids is 1. The summed E-state index contributed by atoms with van der Waals surface area (Å²) in [6, 6.07) is 3.74. The lowest BCUT2D eigenvalue weighted by atomic mass is 10.0. The maximum absolute atomic E-state index is 13.3. The lowest BCUT2D eigenvalue weighted by Gasteiger charge is -2.22. The quantitative estimate of drug-likeness (QED) is 0.643. The Kier molecular flexibility index (Phi) is 4.28. The molecule has 1 aromatic heterocycles. The van der Waals surface area contributed by atoms with Gasteiger partial charge in [0, 0.05) is 6.07 Å². The lowest BCUT2D eigenvalue weighted by Crippen LogP contribution is -2.27. The number of methoxy groups -OCH3 is 1. The first-order valence-corrected chi connectivity index (χ1v) is 6.83. The first kappa shape index (κ1) is 14.8. The van der Waals surface area contributed by atoms with E-state index in [1.807, 2.05) is 13.8 Å². The van der Waals surface area contributed by atoms with Crippen molar-refractivity contribution in [3.63, 3.8) is 0 Å². The van der Waals surface area contributed by atoms with Gasteiger partial charge in [-0.25, -0.2) is 14.2 Å². The van der Waals surface area contributed by atoms with Crippen molar-refractivity contribution < 1.29 is 13.9 Å². The average Bonchev–Trinajstić information content (AvgIpc) is 2.76. The van der Waals surface area contributed by atoms with E-state index in [-0.39, 0.29) is 23.6 Å². The Hall–Kier alpha value is -1.62. The van der Waals surface area contributed by atoms with Crippen molar-refractivity contribution in [2.75, 3.05) is 7.11 Å². The SMILES string of the molecule is COC(=O)C(C(C)C)n1c(CCl)nc2cc(F)ccc21. The highest BCUT2D eigenvalue weighted by molar-refractivity contribution is 6.16. The molecule has 0 bridgehead atoms. The van der Waals surface area contributed by atoms with Crippen molar-refractivity contribution in [1.29, 1.82) is 0 Å². The minimum absolute atomic E-state index is 0.00753. The molecule has 1 aromatic carbocycles. The van der Waals surface area contributed by atoms with Crippen LogP contribution in [-0.2, 0) is 15.4 Å². The van der Waals surface area contributed by atoms with Gasteiger partial charge >= 0.3 is 5.97 Å². The maximum Gasteiger partial charge on any atom is 0.329 e. The molecule has 1 atom stereocenters. The summed E-state index contributed by atoms with van der Waals surface area (Å²) in [6.45, 7) is 3.82. The van der Waals surface area contributed by atoms with Gasteiger partial charge < -0.3 is 9.30 Å². The van der Waals surface area contributed by atoms with Crippen LogP contribution in [0.3, 0.4) is 0 Å². The molecule has 6 heteroatoms. The highest BCUT2D eigenvalue weighted by Crippen LogP contribution is 2.28. The van der Waals surface area contributed by atoms with E-state index in [0.29, 0.717) is 16.9 Å². The Morgan fingerprint density at radius 3 is 2.75 bits per heavy atom. The number of ether oxygens (including phenoxy) is 1. The summed E-state index contributed by atoms with van der Waals surface area (Å²) in [4.78, 5) is 16.3. The number of alkyl halides is 1. The summed E-state index contributed by atoms with van der Waals surface area (Å²) < 4.78 is 19.9. The van der Waals surface area contributed by atoms with Crippen LogP contribution in [0.1, 0.15) is 25.7 Å². The van der Waals surface area contributed by atoms with Crippen LogP contribution in [0.25, 0.3) is 11.0 Å². The zero-order chi connectivity index (χ0) is 14.9. The van der Waals surface area contributed by atoms with Crippen LogP contribution in [0.4, 0.5) is 4.39 Å². The standard InChI is InChI=1S/C14H16ClFN2O2/c1-8(2)13(14(19)20-3)18-11-5-4-9(16)6-10(11)17-12(18)7-15/h4-6,8,13H,7H2,1-3H3. The van der Waals surface area contributed by atoms with Gasteiger partial charge in [0.2, 0.25) is 0 Å². The second-order valence-corrected chi connectivity index (χ2v) is 5.14. The number of esters is 1. The molecule has 2 aromatic rings. The molecule has 1 heterocycles. The zero-order valence-corrected chi connectivity index (χ0v) is 12.3. The molecule has 0 fully saturated rings. The largest absolute Gasteiger partial charge is 0.467 e. The molecular formula is C14H16ClFN2O2. The van der Waals surface area contributed by atoms with E-state index in [0.717, 1.165) is 0 Å². The molecule has 0 aliphatic carbocycles. The van der Waals surface area contributed by atoms with E-state index in [1.165, 1.54) is 19.2 Å². The van der Waals surface area contributed by atoms with Gasteiger partial charge in [0.05, 0.1) is 24.0 Å². The molecule has 1 unspecified atom stereocenters. The van der Waals surface area contributed by atoms with Gasteiger partial charge in [0.15, 0.2) is 0 Å². The first-order chi connectivity index (χ1) is 9.49. The van der Waals surface area contributed by atoms with Gasteiger partial charge in [-0.05, 0) is 18.1 Å². The lowest BCUT2D eigenvalue weighted by molar-refractivity contribution is -0.145. The van der Waals surface area contributed by atoms with E-state index in [9.17, 15) is 9.18 Å². The molecule has 0 radical (unpaired) electrons. The molecule has 0 N–H and O–H groups in total. The number of carbonyl (C=O) groups is 1. The highest BCUT2D eigenvalue weighted by atomic mass is 35.5. The Morgan fingerprint density at radius 2 is 2.20 bits per heavy atom. The Bertz CT molecular complexity index is 639. The third-order valence-corrected chi connectivity index (χ3v) is 3.44. The minimum atomic E-state index is -0.538. The second kappa shape index (κ2) is 5.79. The molecule has 0 aliphatic heterocycles. The summed E-state index contributed by atoms with van der Waals surface area (Å²) in [5.74, 6) is -0.0862. The van der Waals surface area contributed by atoms with Crippen LogP contribution in [-0.4, -0.2) is 22.6 Å². The molecule has 0 spiro atoms. The summed E-state index contributed by atoms with van der Waals surface area (Å²) in [6.07, 6.45) is 0. The zero-order valence-electron chi connectivity index (χ0n) is 11.6. The summed E-state index contributed by atoms with van der Waals surface area (Å²) >= 11 is 5.91. The fourth-order valence-corrected chi connectivity index (χ4v) is 2.51. The molecule has 0 saturated heterocycles. The predicted octanol–water partition coefficient (Wildman–Crippen LogP) is 3.28. The molecule has 108 valence electrons. The monoisotopic (exact) mass is 298 g/mol. The molecule has 0 amide bonds. The highest BCUT2D eigenvalue weighted by Gasteiger charge is 2.29. The van der Waals surface area contributed by atoms with Gasteiger partial charge in [0.1, 0.15) is 17.7 Å². The van der Waals surface area contributed by atoms with Crippen LogP contribution >= 0.6 is 11.6 Å². The number of aromatic nitrogens is 2. The van der Waals surface area contributed by atoms with Crippen LogP contribution in [0.2, 0.25) is 0 Å². The van der Waals surface area contributed by atoms with Gasteiger partial charge in [-0.1, -0.05) is 13.8 Å². The van der Waals surface area contributed by atoms with Crippen LogP contribution in [0.5, 0.6) is 0 Å². The molecule has 2 rings (SSSR count). The number of benzene rings is 1. The smallest absolute Gasteiger partial charge is 0.329 e. The number of imidazole rings is 1. The molecular weight excluding hydrogens is 283 g/mol. The van der Waals surface area contributed by atoms with Crippen LogP contribution in [0.15, 0.2) is 18.2 Å². The molecule has 20 heavy (non-hydrogen) atoms. The van der Waals surface area contributed by atoms with E-state index in [4.69, 9.17) is 16.3 Å². The van der Waals surface area contributed by atoms with Crippen molar-refractivity contribution in [3.05, 3.63) is 29.8 Å². The van der Waals surface area contributed by atoms with Gasteiger partial charge in [-0.3, -0.25) is 0 Å². The number of hydrogen-bond donors (Lipinski definition) is 0. The van der Waals surface area contributed by atoms with Crippen molar-refractivity contribution >= 4 is 28.6 Å². The summed E-state index contributed by atoms with van der Waals surface area (Å²) in [5, 5.41) is 0. The number of fused-ring (bicyclic) bond motifs is 1. The van der Waals surface area contributed by atoms with E-state index in [1.54, 1.807) is 10.6 Å². The van der Waals surface area contributed by atoms with Gasteiger partial charge in [-0.2, -0.15) is 0 Å². The topological polar surface area (TPSA) is 44.1 Å². The van der Waals surface area contributed by atoms with Crippen molar-refractivity contribution in [2.45, 2.75) is 25.8 Å². The van der Waals surface area contributed by atoms with Crippen molar-refractivity contribution in [3.8, 4) is 0 Å². The van der Waals surface area contributed by atoms with E-state index in [2.05, 4.69) is 4.98 Å². The van der Waals surface area contributed by atoms with E-state index < -0.39 is 6.04 Å². The first-order valence-electron chi connectivity index (χ1n) is 6.29. The molecule has 0 aliphatic rings. The minimum Gasteiger partial charge on any atom is -0.467 e. The van der Waals surface area contributed by atoms with Crippen molar-refractivity contribution in [1.82, 2.24) is 9.55 Å². The number of nitrogens with zero attached hydrogens (tertiary/aromatic N) is 2. The average molecular weight is 299 g/mol. The molecule has 4 nitrogen and oxygen atoms in total. The summed E-state index contributed by atoms with van der Waals surface area (Å²) in [7, 11) is 1.34. The summed E-state index contributed by atoms with van der Waals surface area (Å²) in [5.41, 5.74) is 1.15. The van der Waals surface area contributed by atoms with Gasteiger partial charge in [-0.15, -0.1) is 11.6 Å². The number of rotatable bonds is 4. The third kappa shape index (κ3) is 2.50. The number of hydrogen-bond acceptors (Lipinski definition) is 3. The van der Waals surface area contributed by atoms with Crippen molar-refractivity contribution in [2.24, 2.45) is 5.92 Å². The molecule has 0 saturated carbocycles. The van der Waals surface area contributed by atoms with Gasteiger partial charge in [0.25, 0.3) is 0 Å². The Balaban J connectivity index is 2.69. The maximum atomic E-state index is 13.3. The van der Waals surface area contributed by atoms with Crippen LogP contribution in [0, 0.1) is 11.7 Å². The third-order valence-electron chi connectivity index (χ3n) is 3.20. The predicted molar refractivity (Wildman–Crippen MR) is 75.1 cm³/mol. The Labute approximate surface area is 121 Å². The van der Waals surface area contributed by atoms with E-state index >= 15 is 0 Å². The fourth-order valence-electron chi connectivity index (χ4n) is 2.32. The second-order valence-electron chi connectivity index (χ2n) is 4.88. The fraction of sp³-hybridized carbons (Fsp3) is 0.429. The van der Waals surface area contributed by atoms with Crippen LogP contribution < -0.4 is 0 Å². The normalized spacial score (nSPS) is 12.9. The number of halogens is 2.